The van der Waals surface area contributed by atoms with E-state index in [2.05, 4.69) is 5.32 Å². The van der Waals surface area contributed by atoms with E-state index in [1.54, 1.807) is 12.1 Å². The zero-order chi connectivity index (χ0) is 18.1. The highest BCUT2D eigenvalue weighted by atomic mass is 16.5. The van der Waals surface area contributed by atoms with Crippen LogP contribution < -0.4 is 15.8 Å². The molecule has 0 aromatic heterocycles. The van der Waals surface area contributed by atoms with Crippen molar-refractivity contribution in [3.63, 3.8) is 0 Å². The van der Waals surface area contributed by atoms with Crippen molar-refractivity contribution < 1.29 is 28.7 Å². The summed E-state index contributed by atoms with van der Waals surface area (Å²) in [6.45, 7) is 0.116. The topological polar surface area (TPSA) is 128 Å². The smallest absolute Gasteiger partial charge is 0.404 e. The molecule has 2 heterocycles. The fourth-order valence-electron chi connectivity index (χ4n) is 3.16. The molecule has 2 aliphatic rings. The van der Waals surface area contributed by atoms with Crippen LogP contribution in [-0.4, -0.2) is 41.9 Å². The van der Waals surface area contributed by atoms with E-state index in [1.807, 2.05) is 0 Å². The van der Waals surface area contributed by atoms with Gasteiger partial charge in [0.05, 0.1) is 12.7 Å². The number of ether oxygens (including phenoxy) is 2. The van der Waals surface area contributed by atoms with Gasteiger partial charge in [-0.3, -0.25) is 19.7 Å². The van der Waals surface area contributed by atoms with Crippen LogP contribution >= 0.6 is 0 Å². The minimum Gasteiger partial charge on any atom is -0.495 e. The van der Waals surface area contributed by atoms with Gasteiger partial charge in [-0.25, -0.2) is 4.79 Å². The van der Waals surface area contributed by atoms with Crippen LogP contribution in [-0.2, 0) is 27.5 Å². The summed E-state index contributed by atoms with van der Waals surface area (Å²) in [5.41, 5.74) is 6.50. The first-order chi connectivity index (χ1) is 11.9. The third-order valence-electron chi connectivity index (χ3n) is 4.30. The van der Waals surface area contributed by atoms with E-state index in [0.717, 1.165) is 0 Å². The molecule has 1 unspecified atom stereocenters. The molecule has 3 rings (SSSR count). The van der Waals surface area contributed by atoms with E-state index < -0.39 is 18.0 Å². The fourth-order valence-corrected chi connectivity index (χ4v) is 3.16. The minimum atomic E-state index is -0.931. The highest BCUT2D eigenvalue weighted by Crippen LogP contribution is 2.36. The minimum absolute atomic E-state index is 0.127. The zero-order valence-corrected chi connectivity index (χ0v) is 13.5. The Kier molecular flexibility index (Phi) is 4.30. The zero-order valence-electron chi connectivity index (χ0n) is 13.5. The van der Waals surface area contributed by atoms with Crippen LogP contribution in [0.15, 0.2) is 12.1 Å². The number of carbonyl (C=O) groups excluding carboxylic acids is 4. The van der Waals surface area contributed by atoms with Crippen molar-refractivity contribution in [1.82, 2.24) is 10.2 Å². The quantitative estimate of drug-likeness (QED) is 0.741. The van der Waals surface area contributed by atoms with Gasteiger partial charge in [0.15, 0.2) is 0 Å². The average Bonchev–Trinajstić information content (AvgIpc) is 2.89. The Morgan fingerprint density at radius 2 is 2.12 bits per heavy atom. The summed E-state index contributed by atoms with van der Waals surface area (Å²) < 4.78 is 10.1. The van der Waals surface area contributed by atoms with Gasteiger partial charge >= 0.3 is 6.09 Å². The predicted molar refractivity (Wildman–Crippen MR) is 83.4 cm³/mol. The number of carbonyl (C=O) groups is 4. The number of rotatable bonds is 4. The van der Waals surface area contributed by atoms with E-state index in [9.17, 15) is 19.2 Å². The number of imide groups is 1. The molecule has 4 amide bonds. The Bertz CT molecular complexity index is 775. The number of nitrogens with zero attached hydrogens (tertiary/aromatic N) is 1. The number of nitrogens with one attached hydrogen (secondary N) is 1. The maximum atomic E-state index is 12.8. The predicted octanol–water partition coefficient (Wildman–Crippen LogP) is 0.0515. The summed E-state index contributed by atoms with van der Waals surface area (Å²) >= 11 is 0. The van der Waals surface area contributed by atoms with Crippen molar-refractivity contribution in [1.29, 1.82) is 0 Å². The lowest BCUT2D eigenvalue weighted by Crippen LogP contribution is -2.52. The van der Waals surface area contributed by atoms with Gasteiger partial charge in [-0.05, 0) is 12.0 Å². The molecule has 1 aromatic rings. The van der Waals surface area contributed by atoms with Crippen LogP contribution in [0.1, 0.15) is 34.3 Å². The molecule has 1 atom stereocenters. The van der Waals surface area contributed by atoms with Crippen molar-refractivity contribution in [2.24, 2.45) is 5.73 Å². The number of hydrogen-bond acceptors (Lipinski definition) is 6. The highest BCUT2D eigenvalue weighted by Gasteiger charge is 2.41. The fraction of sp³-hybridized carbons (Fsp3) is 0.375. The van der Waals surface area contributed by atoms with E-state index in [0.29, 0.717) is 22.4 Å². The van der Waals surface area contributed by atoms with Crippen LogP contribution in [0.25, 0.3) is 0 Å². The summed E-state index contributed by atoms with van der Waals surface area (Å²) in [5, 5.41) is 2.25. The molecule has 132 valence electrons. The first-order valence-electron chi connectivity index (χ1n) is 7.68. The molecule has 0 saturated carbocycles. The number of benzene rings is 1. The van der Waals surface area contributed by atoms with E-state index in [1.165, 1.54) is 12.0 Å². The first kappa shape index (κ1) is 16.7. The standard InChI is InChI=1S/C16H17N3O6/c1-24-13-9(7-25-16(17)23)3-2-8-6-19(15(22)12(8)13)10-4-5-11(20)18-14(10)21/h2-3,10H,4-7H2,1H3,(H2,17,23)(H,18,20,21). The van der Waals surface area contributed by atoms with Crippen molar-refractivity contribution in [2.75, 3.05) is 7.11 Å². The third kappa shape index (κ3) is 3.00. The molecule has 0 radical (unpaired) electrons. The number of piperidine rings is 1. The molecular weight excluding hydrogens is 330 g/mol. The normalized spacial score (nSPS) is 19.5. The van der Waals surface area contributed by atoms with Crippen LogP contribution in [0.3, 0.4) is 0 Å². The van der Waals surface area contributed by atoms with E-state index >= 15 is 0 Å². The van der Waals surface area contributed by atoms with Crippen LogP contribution in [0.4, 0.5) is 4.79 Å². The van der Waals surface area contributed by atoms with Gasteiger partial charge in [-0.2, -0.15) is 0 Å². The van der Waals surface area contributed by atoms with Crippen molar-refractivity contribution in [3.8, 4) is 5.75 Å². The first-order valence-corrected chi connectivity index (χ1v) is 7.68. The SMILES string of the molecule is COc1c(COC(N)=O)ccc2c1C(=O)N(C1CCC(=O)NC1=O)C2. The largest absolute Gasteiger partial charge is 0.495 e. The van der Waals surface area contributed by atoms with Crippen LogP contribution in [0.2, 0.25) is 0 Å². The van der Waals surface area contributed by atoms with Gasteiger partial charge in [0.1, 0.15) is 18.4 Å². The van der Waals surface area contributed by atoms with Crippen molar-refractivity contribution in [3.05, 3.63) is 28.8 Å². The number of nitrogens with two attached hydrogens (primary N) is 1. The molecule has 3 N–H and O–H groups in total. The molecular formula is C16H17N3O6. The molecule has 25 heavy (non-hydrogen) atoms. The maximum Gasteiger partial charge on any atom is 0.404 e. The summed E-state index contributed by atoms with van der Waals surface area (Å²) in [7, 11) is 1.41. The Hall–Kier alpha value is -3.10. The molecule has 9 nitrogen and oxygen atoms in total. The number of fused-ring (bicyclic) bond motifs is 1. The average molecular weight is 347 g/mol. The molecule has 0 bridgehead atoms. The van der Waals surface area contributed by atoms with Gasteiger partial charge in [0.25, 0.3) is 5.91 Å². The van der Waals surface area contributed by atoms with Gasteiger partial charge in [0.2, 0.25) is 11.8 Å². The van der Waals surface area contributed by atoms with Gasteiger partial charge in [-0.1, -0.05) is 12.1 Å². The second kappa shape index (κ2) is 6.42. The number of methoxy groups -OCH3 is 1. The third-order valence-corrected chi connectivity index (χ3v) is 4.30. The van der Waals surface area contributed by atoms with Gasteiger partial charge in [-0.15, -0.1) is 0 Å². The number of primary amides is 1. The molecule has 2 aliphatic heterocycles. The second-order valence-electron chi connectivity index (χ2n) is 5.80. The lowest BCUT2D eigenvalue weighted by Gasteiger charge is -2.29. The summed E-state index contributed by atoms with van der Waals surface area (Å²) in [4.78, 5) is 48.4. The Morgan fingerprint density at radius 1 is 1.36 bits per heavy atom. The van der Waals surface area contributed by atoms with Crippen molar-refractivity contribution >= 4 is 23.8 Å². The Balaban J connectivity index is 1.89. The second-order valence-corrected chi connectivity index (χ2v) is 5.80. The van der Waals surface area contributed by atoms with E-state index in [-0.39, 0.29) is 37.8 Å². The van der Waals surface area contributed by atoms with Crippen molar-refractivity contribution in [2.45, 2.75) is 32.0 Å². The lowest BCUT2D eigenvalue weighted by molar-refractivity contribution is -0.136. The molecule has 9 heteroatoms. The van der Waals surface area contributed by atoms with E-state index in [4.69, 9.17) is 15.2 Å². The molecule has 0 aliphatic carbocycles. The van der Waals surface area contributed by atoms with Gasteiger partial charge in [0, 0.05) is 18.5 Å². The Morgan fingerprint density at radius 3 is 2.76 bits per heavy atom. The molecule has 0 spiro atoms. The summed E-state index contributed by atoms with van der Waals surface area (Å²) in [6.07, 6.45) is -0.463. The maximum absolute atomic E-state index is 12.8. The number of amides is 4. The monoisotopic (exact) mass is 347 g/mol. The molecule has 1 aromatic carbocycles. The number of hydrogen-bond donors (Lipinski definition) is 2. The van der Waals surface area contributed by atoms with Gasteiger partial charge < -0.3 is 20.1 Å². The summed E-state index contributed by atoms with van der Waals surface area (Å²) in [6, 6.07) is 2.70. The summed E-state index contributed by atoms with van der Waals surface area (Å²) in [5.74, 6) is -0.886. The highest BCUT2D eigenvalue weighted by molar-refractivity contribution is 6.06. The molecule has 1 saturated heterocycles. The lowest BCUT2D eigenvalue weighted by atomic mass is 10.0. The van der Waals surface area contributed by atoms with Crippen LogP contribution in [0, 0.1) is 0 Å². The molecule has 1 fully saturated rings. The van der Waals surface area contributed by atoms with Crippen LogP contribution in [0.5, 0.6) is 5.75 Å². The Labute approximate surface area is 143 Å².